The minimum absolute atomic E-state index is 0.00877. The van der Waals surface area contributed by atoms with Crippen LogP contribution in [0.4, 0.5) is 4.39 Å². The Morgan fingerprint density at radius 2 is 2.07 bits per heavy atom. The molecule has 0 radical (unpaired) electrons. The molecule has 7 heteroatoms. The molecule has 1 unspecified atom stereocenters. The Kier molecular flexibility index (Phi) is 5.48. The summed E-state index contributed by atoms with van der Waals surface area (Å²) in [6, 6.07) is 6.21. The number of aromatic nitrogens is 2. The topological polar surface area (TPSA) is 68.5 Å². The summed E-state index contributed by atoms with van der Waals surface area (Å²) in [7, 11) is 0. The van der Waals surface area contributed by atoms with Gasteiger partial charge in [-0.15, -0.1) is 0 Å². The third-order valence-corrected chi connectivity index (χ3v) is 5.41. The van der Waals surface area contributed by atoms with Gasteiger partial charge in [-0.3, -0.25) is 4.79 Å². The van der Waals surface area contributed by atoms with Gasteiger partial charge in [0.1, 0.15) is 5.82 Å². The summed E-state index contributed by atoms with van der Waals surface area (Å²) < 4.78 is 24.3. The van der Waals surface area contributed by atoms with Gasteiger partial charge in [-0.1, -0.05) is 17.3 Å². The number of hydrogen-bond donors (Lipinski definition) is 0. The van der Waals surface area contributed by atoms with Crippen LogP contribution >= 0.6 is 0 Å². The molecule has 144 valence electrons. The highest BCUT2D eigenvalue weighted by atomic mass is 19.1. The Bertz CT molecular complexity index is 788. The van der Waals surface area contributed by atoms with E-state index in [1.54, 1.807) is 12.1 Å². The van der Waals surface area contributed by atoms with Crippen LogP contribution in [0.3, 0.4) is 0 Å². The summed E-state index contributed by atoms with van der Waals surface area (Å²) in [5.74, 6) is 1.44. The average Bonchev–Trinajstić information content (AvgIpc) is 3.19. The van der Waals surface area contributed by atoms with Gasteiger partial charge in [0.2, 0.25) is 11.8 Å². The third kappa shape index (κ3) is 4.35. The fourth-order valence-electron chi connectivity index (χ4n) is 3.87. The zero-order chi connectivity index (χ0) is 18.6. The van der Waals surface area contributed by atoms with Gasteiger partial charge in [0.15, 0.2) is 5.82 Å². The quantitative estimate of drug-likeness (QED) is 0.824. The lowest BCUT2D eigenvalue weighted by Gasteiger charge is -2.31. The smallest absolute Gasteiger partial charge is 0.231 e. The number of ether oxygens (including phenoxy) is 1. The number of likely N-dealkylation sites (tertiary alicyclic amines) is 1. The van der Waals surface area contributed by atoms with Crippen molar-refractivity contribution in [3.63, 3.8) is 0 Å². The largest absolute Gasteiger partial charge is 0.381 e. The molecule has 3 heterocycles. The Labute approximate surface area is 157 Å². The van der Waals surface area contributed by atoms with Gasteiger partial charge in [0.05, 0.1) is 12.3 Å². The Balaban J connectivity index is 1.39. The molecule has 0 saturated carbocycles. The van der Waals surface area contributed by atoms with E-state index in [-0.39, 0.29) is 24.1 Å². The van der Waals surface area contributed by atoms with Crippen molar-refractivity contribution < 1.29 is 18.4 Å². The maximum Gasteiger partial charge on any atom is 0.231 e. The van der Waals surface area contributed by atoms with Gasteiger partial charge in [0.25, 0.3) is 0 Å². The summed E-state index contributed by atoms with van der Waals surface area (Å²) in [5, 5.41) is 4.18. The van der Waals surface area contributed by atoms with Crippen LogP contribution < -0.4 is 0 Å². The first-order valence-electron chi connectivity index (χ1n) is 9.62. The lowest BCUT2D eigenvalue weighted by molar-refractivity contribution is -0.131. The van der Waals surface area contributed by atoms with Crippen LogP contribution in [0.25, 0.3) is 0 Å². The molecule has 1 atom stereocenters. The predicted octanol–water partition coefficient (Wildman–Crippen LogP) is 3.05. The number of rotatable bonds is 4. The summed E-state index contributed by atoms with van der Waals surface area (Å²) >= 11 is 0. The molecule has 4 rings (SSSR count). The van der Waals surface area contributed by atoms with Gasteiger partial charge >= 0.3 is 0 Å². The second-order valence-electron chi connectivity index (χ2n) is 7.36. The zero-order valence-corrected chi connectivity index (χ0v) is 15.3. The molecule has 1 aromatic heterocycles. The number of halogens is 1. The Morgan fingerprint density at radius 1 is 1.22 bits per heavy atom. The molecule has 2 aromatic rings. The van der Waals surface area contributed by atoms with E-state index >= 15 is 0 Å². The van der Waals surface area contributed by atoms with E-state index in [2.05, 4.69) is 10.1 Å². The molecule has 2 aliphatic heterocycles. The summed E-state index contributed by atoms with van der Waals surface area (Å²) in [5.41, 5.74) is 0.696. The van der Waals surface area contributed by atoms with Gasteiger partial charge in [-0.2, -0.15) is 4.98 Å². The van der Waals surface area contributed by atoms with Crippen LogP contribution in [0, 0.1) is 5.82 Å². The van der Waals surface area contributed by atoms with Gasteiger partial charge in [-0.05, 0) is 43.4 Å². The number of amides is 1. The second kappa shape index (κ2) is 8.17. The van der Waals surface area contributed by atoms with Gasteiger partial charge in [0, 0.05) is 32.2 Å². The van der Waals surface area contributed by atoms with Crippen molar-refractivity contribution in [2.45, 2.75) is 43.9 Å². The molecular weight excluding hydrogens is 349 g/mol. The highest BCUT2D eigenvalue weighted by Gasteiger charge is 2.30. The van der Waals surface area contributed by atoms with Crippen molar-refractivity contribution in [3.05, 3.63) is 47.4 Å². The number of nitrogens with zero attached hydrogens (tertiary/aromatic N) is 3. The molecule has 0 aliphatic carbocycles. The zero-order valence-electron chi connectivity index (χ0n) is 15.3. The van der Waals surface area contributed by atoms with Crippen molar-refractivity contribution in [2.24, 2.45) is 0 Å². The standard InChI is InChI=1S/C20H24FN3O3/c21-17-5-1-3-14(11-17)12-18(25)24-8-2-4-16(13-24)20-22-19(23-27-20)15-6-9-26-10-7-15/h1,3,5,11,15-16H,2,4,6-10,12-13H2. The number of carbonyl (C=O) groups is 1. The lowest BCUT2D eigenvalue weighted by Crippen LogP contribution is -2.40. The molecule has 6 nitrogen and oxygen atoms in total. The first-order valence-corrected chi connectivity index (χ1v) is 9.62. The highest BCUT2D eigenvalue weighted by molar-refractivity contribution is 5.79. The number of carbonyl (C=O) groups excluding carboxylic acids is 1. The van der Waals surface area contributed by atoms with Gasteiger partial charge < -0.3 is 14.2 Å². The average molecular weight is 373 g/mol. The van der Waals surface area contributed by atoms with E-state index in [9.17, 15) is 9.18 Å². The number of piperidine rings is 1. The van der Waals surface area contributed by atoms with Crippen LogP contribution in [-0.2, 0) is 16.0 Å². The maximum absolute atomic E-state index is 13.3. The van der Waals surface area contributed by atoms with Crippen LogP contribution in [0.2, 0.25) is 0 Å². The van der Waals surface area contributed by atoms with E-state index in [0.717, 1.165) is 44.7 Å². The minimum Gasteiger partial charge on any atom is -0.381 e. The molecule has 2 aliphatic rings. The lowest BCUT2D eigenvalue weighted by atomic mass is 9.96. The fraction of sp³-hybridized carbons (Fsp3) is 0.550. The first-order chi connectivity index (χ1) is 13.2. The molecule has 0 N–H and O–H groups in total. The van der Waals surface area contributed by atoms with E-state index < -0.39 is 0 Å². The van der Waals surface area contributed by atoms with Crippen LogP contribution in [0.5, 0.6) is 0 Å². The predicted molar refractivity (Wildman–Crippen MR) is 95.8 cm³/mol. The summed E-state index contributed by atoms with van der Waals surface area (Å²) in [6.07, 6.45) is 3.87. The van der Waals surface area contributed by atoms with E-state index in [4.69, 9.17) is 9.26 Å². The van der Waals surface area contributed by atoms with Crippen molar-refractivity contribution in [1.29, 1.82) is 0 Å². The Morgan fingerprint density at radius 3 is 2.89 bits per heavy atom. The summed E-state index contributed by atoms with van der Waals surface area (Å²) in [6.45, 7) is 2.76. The van der Waals surface area contributed by atoms with Crippen molar-refractivity contribution in [1.82, 2.24) is 15.0 Å². The number of benzene rings is 1. The number of hydrogen-bond acceptors (Lipinski definition) is 5. The van der Waals surface area contributed by atoms with Crippen molar-refractivity contribution in [2.75, 3.05) is 26.3 Å². The van der Waals surface area contributed by atoms with E-state index in [1.165, 1.54) is 12.1 Å². The molecule has 1 amide bonds. The highest BCUT2D eigenvalue weighted by Crippen LogP contribution is 2.29. The van der Waals surface area contributed by atoms with Crippen LogP contribution in [0.15, 0.2) is 28.8 Å². The summed E-state index contributed by atoms with van der Waals surface area (Å²) in [4.78, 5) is 19.1. The molecule has 0 spiro atoms. The van der Waals surface area contributed by atoms with E-state index in [0.29, 0.717) is 30.5 Å². The van der Waals surface area contributed by atoms with Crippen molar-refractivity contribution >= 4 is 5.91 Å². The molecule has 2 fully saturated rings. The SMILES string of the molecule is O=C(Cc1cccc(F)c1)N1CCCC(c2nc(C3CCOCC3)no2)C1. The molecule has 1 aromatic carbocycles. The van der Waals surface area contributed by atoms with Crippen molar-refractivity contribution in [3.8, 4) is 0 Å². The third-order valence-electron chi connectivity index (χ3n) is 5.41. The minimum atomic E-state index is -0.316. The monoisotopic (exact) mass is 373 g/mol. The molecule has 27 heavy (non-hydrogen) atoms. The van der Waals surface area contributed by atoms with Crippen LogP contribution in [0.1, 0.15) is 54.8 Å². The van der Waals surface area contributed by atoms with Crippen LogP contribution in [-0.4, -0.2) is 47.3 Å². The van der Waals surface area contributed by atoms with Gasteiger partial charge in [-0.25, -0.2) is 4.39 Å². The Hall–Kier alpha value is -2.28. The molecular formula is C20H24FN3O3. The normalized spacial score (nSPS) is 21.4. The molecule has 2 saturated heterocycles. The second-order valence-corrected chi connectivity index (χ2v) is 7.36. The first kappa shape index (κ1) is 18.1. The fourth-order valence-corrected chi connectivity index (χ4v) is 3.87. The maximum atomic E-state index is 13.3. The molecule has 0 bridgehead atoms. The van der Waals surface area contributed by atoms with E-state index in [1.807, 2.05) is 4.90 Å².